The number of hydrogen-bond donors (Lipinski definition) is 0. The number of rotatable bonds is 1. The van der Waals surface area contributed by atoms with Crippen molar-refractivity contribution in [1.29, 1.82) is 0 Å². The van der Waals surface area contributed by atoms with Gasteiger partial charge in [0.05, 0.1) is 5.69 Å². The summed E-state index contributed by atoms with van der Waals surface area (Å²) in [6.45, 7) is 2.06. The average Bonchev–Trinajstić information content (AvgIpc) is 2.74. The van der Waals surface area contributed by atoms with Gasteiger partial charge in [-0.15, -0.1) is 0 Å². The first-order chi connectivity index (χ1) is 8.24. The second kappa shape index (κ2) is 3.86. The summed E-state index contributed by atoms with van der Waals surface area (Å²) in [5.41, 5.74) is 4.03. The van der Waals surface area contributed by atoms with E-state index in [0.29, 0.717) is 5.15 Å². The zero-order chi connectivity index (χ0) is 11.8. The lowest BCUT2D eigenvalue weighted by atomic mass is 10.1. The molecule has 0 fully saturated rings. The molecular formula is C13H10ClN3. The molecule has 2 heterocycles. The van der Waals surface area contributed by atoms with E-state index in [4.69, 9.17) is 11.6 Å². The quantitative estimate of drug-likeness (QED) is 0.656. The highest BCUT2D eigenvalue weighted by Gasteiger charge is 2.07. The molecule has 0 unspecified atom stereocenters. The molecule has 3 nitrogen and oxygen atoms in total. The first-order valence-electron chi connectivity index (χ1n) is 5.31. The van der Waals surface area contributed by atoms with Crippen LogP contribution >= 0.6 is 11.6 Å². The van der Waals surface area contributed by atoms with Gasteiger partial charge in [-0.2, -0.15) is 5.10 Å². The standard InChI is InChI=1S/C13H10ClN3/c1-9-3-2-4-10(7-9)11-8-12-13(14)15-5-6-17(12)16-11/h2-8H,1H3. The minimum absolute atomic E-state index is 0.471. The van der Waals surface area contributed by atoms with Gasteiger partial charge in [0.25, 0.3) is 0 Å². The Bertz CT molecular complexity index is 688. The third-order valence-corrected chi connectivity index (χ3v) is 2.95. The molecule has 0 aliphatic carbocycles. The van der Waals surface area contributed by atoms with Crippen LogP contribution in [0.2, 0.25) is 5.15 Å². The SMILES string of the molecule is Cc1cccc(-c2cc3c(Cl)nccn3n2)c1. The molecule has 0 N–H and O–H groups in total. The number of halogens is 1. The molecule has 1 aromatic carbocycles. The number of nitrogens with zero attached hydrogens (tertiary/aromatic N) is 3. The Morgan fingerprint density at radius 3 is 2.88 bits per heavy atom. The summed E-state index contributed by atoms with van der Waals surface area (Å²) in [5.74, 6) is 0. The van der Waals surface area contributed by atoms with Crippen molar-refractivity contribution in [3.8, 4) is 11.3 Å². The highest BCUT2D eigenvalue weighted by Crippen LogP contribution is 2.23. The van der Waals surface area contributed by atoms with Crippen LogP contribution < -0.4 is 0 Å². The van der Waals surface area contributed by atoms with Gasteiger partial charge in [0.2, 0.25) is 0 Å². The van der Waals surface area contributed by atoms with Gasteiger partial charge in [0.1, 0.15) is 5.52 Å². The number of aryl methyl sites for hydroxylation is 1. The van der Waals surface area contributed by atoms with E-state index in [2.05, 4.69) is 29.1 Å². The summed E-state index contributed by atoms with van der Waals surface area (Å²) < 4.78 is 1.74. The molecule has 3 rings (SSSR count). The smallest absolute Gasteiger partial charge is 0.154 e. The maximum absolute atomic E-state index is 6.02. The van der Waals surface area contributed by atoms with E-state index in [0.717, 1.165) is 16.8 Å². The predicted octanol–water partition coefficient (Wildman–Crippen LogP) is 3.36. The highest BCUT2D eigenvalue weighted by molar-refractivity contribution is 6.32. The van der Waals surface area contributed by atoms with E-state index < -0.39 is 0 Å². The van der Waals surface area contributed by atoms with Gasteiger partial charge in [-0.1, -0.05) is 35.4 Å². The molecule has 3 aromatic rings. The highest BCUT2D eigenvalue weighted by atomic mass is 35.5. The van der Waals surface area contributed by atoms with Crippen molar-refractivity contribution in [3.05, 3.63) is 53.4 Å². The van der Waals surface area contributed by atoms with Crippen molar-refractivity contribution in [2.75, 3.05) is 0 Å². The van der Waals surface area contributed by atoms with Crippen LogP contribution in [-0.4, -0.2) is 14.6 Å². The Balaban J connectivity index is 2.22. The first kappa shape index (κ1) is 10.3. The molecule has 0 bridgehead atoms. The first-order valence-corrected chi connectivity index (χ1v) is 5.69. The Morgan fingerprint density at radius 1 is 1.24 bits per heavy atom. The number of hydrogen-bond acceptors (Lipinski definition) is 2. The number of fused-ring (bicyclic) bond motifs is 1. The van der Waals surface area contributed by atoms with E-state index in [1.54, 1.807) is 16.9 Å². The molecule has 4 heteroatoms. The summed E-state index contributed by atoms with van der Waals surface area (Å²) in [7, 11) is 0. The molecule has 0 saturated heterocycles. The summed E-state index contributed by atoms with van der Waals surface area (Å²) in [4.78, 5) is 4.04. The molecule has 0 radical (unpaired) electrons. The topological polar surface area (TPSA) is 30.2 Å². The minimum atomic E-state index is 0.471. The second-order valence-electron chi connectivity index (χ2n) is 3.95. The van der Waals surface area contributed by atoms with Crippen molar-refractivity contribution < 1.29 is 0 Å². The molecule has 2 aromatic heterocycles. The van der Waals surface area contributed by atoms with Gasteiger partial charge in [-0.05, 0) is 19.1 Å². The second-order valence-corrected chi connectivity index (χ2v) is 4.30. The van der Waals surface area contributed by atoms with Crippen LogP contribution in [-0.2, 0) is 0 Å². The van der Waals surface area contributed by atoms with Crippen molar-refractivity contribution in [1.82, 2.24) is 14.6 Å². The number of aromatic nitrogens is 3. The molecule has 0 saturated carbocycles. The summed E-state index contributed by atoms with van der Waals surface area (Å²) in [5, 5.41) is 4.95. The van der Waals surface area contributed by atoms with Gasteiger partial charge in [0, 0.05) is 18.0 Å². The summed E-state index contributed by atoms with van der Waals surface area (Å²) in [6.07, 6.45) is 3.43. The third kappa shape index (κ3) is 1.78. The Morgan fingerprint density at radius 2 is 2.12 bits per heavy atom. The fourth-order valence-corrected chi connectivity index (χ4v) is 2.03. The lowest BCUT2D eigenvalue weighted by molar-refractivity contribution is 0.950. The van der Waals surface area contributed by atoms with E-state index in [1.807, 2.05) is 18.2 Å². The molecule has 17 heavy (non-hydrogen) atoms. The average molecular weight is 244 g/mol. The Hall–Kier alpha value is -1.87. The predicted molar refractivity (Wildman–Crippen MR) is 68.2 cm³/mol. The lowest BCUT2D eigenvalue weighted by Crippen LogP contribution is -1.88. The number of benzene rings is 1. The Labute approximate surface area is 104 Å². The molecule has 0 aliphatic rings. The van der Waals surface area contributed by atoms with Crippen molar-refractivity contribution in [2.24, 2.45) is 0 Å². The fourth-order valence-electron chi connectivity index (χ4n) is 1.84. The van der Waals surface area contributed by atoms with Crippen molar-refractivity contribution >= 4 is 17.1 Å². The van der Waals surface area contributed by atoms with Crippen LogP contribution in [0.25, 0.3) is 16.8 Å². The van der Waals surface area contributed by atoms with Crippen LogP contribution in [0.15, 0.2) is 42.7 Å². The summed E-state index contributed by atoms with van der Waals surface area (Å²) >= 11 is 6.02. The third-order valence-electron chi connectivity index (χ3n) is 2.66. The lowest BCUT2D eigenvalue weighted by Gasteiger charge is -1.96. The van der Waals surface area contributed by atoms with Crippen LogP contribution in [0.5, 0.6) is 0 Å². The molecule has 0 aliphatic heterocycles. The molecular weight excluding hydrogens is 234 g/mol. The van der Waals surface area contributed by atoms with Gasteiger partial charge in [-0.3, -0.25) is 0 Å². The molecule has 84 valence electrons. The van der Waals surface area contributed by atoms with Crippen LogP contribution in [0, 0.1) is 6.92 Å². The van der Waals surface area contributed by atoms with Gasteiger partial charge >= 0.3 is 0 Å². The maximum Gasteiger partial charge on any atom is 0.154 e. The van der Waals surface area contributed by atoms with E-state index in [1.165, 1.54) is 5.56 Å². The van der Waals surface area contributed by atoms with Crippen LogP contribution in [0.3, 0.4) is 0 Å². The zero-order valence-electron chi connectivity index (χ0n) is 9.26. The largest absolute Gasteiger partial charge is 0.241 e. The van der Waals surface area contributed by atoms with Crippen LogP contribution in [0.4, 0.5) is 0 Å². The minimum Gasteiger partial charge on any atom is -0.241 e. The van der Waals surface area contributed by atoms with Crippen LogP contribution in [0.1, 0.15) is 5.56 Å². The van der Waals surface area contributed by atoms with Gasteiger partial charge < -0.3 is 0 Å². The monoisotopic (exact) mass is 243 g/mol. The van der Waals surface area contributed by atoms with Crippen molar-refractivity contribution in [3.63, 3.8) is 0 Å². The molecule has 0 atom stereocenters. The van der Waals surface area contributed by atoms with E-state index >= 15 is 0 Å². The molecule has 0 spiro atoms. The molecule has 0 amide bonds. The van der Waals surface area contributed by atoms with Gasteiger partial charge in [0.15, 0.2) is 5.15 Å². The van der Waals surface area contributed by atoms with Crippen molar-refractivity contribution in [2.45, 2.75) is 6.92 Å². The van der Waals surface area contributed by atoms with E-state index in [-0.39, 0.29) is 0 Å². The normalized spacial score (nSPS) is 10.9. The fraction of sp³-hybridized carbons (Fsp3) is 0.0769. The van der Waals surface area contributed by atoms with Gasteiger partial charge in [-0.25, -0.2) is 9.50 Å². The van der Waals surface area contributed by atoms with E-state index in [9.17, 15) is 0 Å². The Kier molecular flexibility index (Phi) is 2.34. The maximum atomic E-state index is 6.02. The summed E-state index contributed by atoms with van der Waals surface area (Å²) in [6, 6.07) is 10.2. The zero-order valence-corrected chi connectivity index (χ0v) is 10.0.